The molecule has 0 aliphatic carbocycles. The zero-order valence-corrected chi connectivity index (χ0v) is 22.4. The maximum atomic E-state index is 14.4. The molecule has 9 nitrogen and oxygen atoms in total. The molecule has 2 aromatic carbocycles. The molecule has 1 aromatic heterocycles. The van der Waals surface area contributed by atoms with Crippen LogP contribution < -0.4 is 14.4 Å². The third-order valence-corrected chi connectivity index (χ3v) is 7.26. The van der Waals surface area contributed by atoms with Crippen LogP contribution in [0.5, 0.6) is 11.5 Å². The van der Waals surface area contributed by atoms with Crippen molar-refractivity contribution in [2.75, 3.05) is 25.7 Å². The molecule has 0 spiro atoms. The van der Waals surface area contributed by atoms with Gasteiger partial charge in [-0.2, -0.15) is 0 Å². The van der Waals surface area contributed by atoms with E-state index in [0.29, 0.717) is 22.6 Å². The fourth-order valence-electron chi connectivity index (χ4n) is 4.14. The number of anilines is 1. The summed E-state index contributed by atoms with van der Waals surface area (Å²) in [5, 5.41) is 11.3. The average molecular weight is 553 g/mol. The fourth-order valence-corrected chi connectivity index (χ4v) is 5.13. The third kappa shape index (κ3) is 5.00. The van der Waals surface area contributed by atoms with Gasteiger partial charge in [0.2, 0.25) is 0 Å². The summed E-state index contributed by atoms with van der Waals surface area (Å²) < 4.78 is 30.2. The molecule has 0 bridgehead atoms. The SMILES string of the molecule is C=CCOC(=O)c1sc(N2C(=O)C(=O)/C(=C(\O)c3ccc(C)c(F)c3)C2c2ccc(OC)c(OC)c2)nc1C. The molecular formula is C28H25FN2O7S. The van der Waals surface area contributed by atoms with Gasteiger partial charge in [-0.15, -0.1) is 0 Å². The molecule has 0 radical (unpaired) electrons. The fraction of sp³-hybridized carbons (Fsp3) is 0.214. The summed E-state index contributed by atoms with van der Waals surface area (Å²) in [6, 6.07) is 7.57. The van der Waals surface area contributed by atoms with Gasteiger partial charge in [0.25, 0.3) is 5.78 Å². The van der Waals surface area contributed by atoms with Crippen molar-refractivity contribution in [3.05, 3.63) is 87.7 Å². The summed E-state index contributed by atoms with van der Waals surface area (Å²) in [6.45, 7) is 6.63. The van der Waals surface area contributed by atoms with Gasteiger partial charge < -0.3 is 19.3 Å². The van der Waals surface area contributed by atoms with Crippen LogP contribution in [0.2, 0.25) is 0 Å². The molecule has 39 heavy (non-hydrogen) atoms. The van der Waals surface area contributed by atoms with Crippen molar-refractivity contribution in [1.29, 1.82) is 0 Å². The molecule has 1 fully saturated rings. The van der Waals surface area contributed by atoms with Gasteiger partial charge in [-0.05, 0) is 43.2 Å². The molecule has 1 aliphatic heterocycles. The Morgan fingerprint density at radius 2 is 1.87 bits per heavy atom. The van der Waals surface area contributed by atoms with Gasteiger partial charge in [-0.25, -0.2) is 14.2 Å². The zero-order chi connectivity index (χ0) is 28.4. The Morgan fingerprint density at radius 1 is 1.15 bits per heavy atom. The maximum absolute atomic E-state index is 14.4. The van der Waals surface area contributed by atoms with E-state index in [1.165, 1.54) is 32.4 Å². The van der Waals surface area contributed by atoms with Gasteiger partial charge in [0.1, 0.15) is 23.1 Å². The second-order valence-electron chi connectivity index (χ2n) is 8.55. The van der Waals surface area contributed by atoms with E-state index in [-0.39, 0.29) is 33.4 Å². The first-order chi connectivity index (χ1) is 18.6. The summed E-state index contributed by atoms with van der Waals surface area (Å²) in [6.07, 6.45) is 1.42. The highest BCUT2D eigenvalue weighted by Crippen LogP contribution is 2.45. The van der Waals surface area contributed by atoms with Crippen LogP contribution in [0, 0.1) is 19.7 Å². The largest absolute Gasteiger partial charge is 0.507 e. The van der Waals surface area contributed by atoms with E-state index in [1.807, 2.05) is 0 Å². The average Bonchev–Trinajstić information content (AvgIpc) is 3.44. The Bertz CT molecular complexity index is 1530. The van der Waals surface area contributed by atoms with Crippen molar-refractivity contribution < 1.29 is 38.1 Å². The number of carbonyl (C=O) groups is 3. The Kier molecular flexibility index (Phi) is 7.82. The zero-order valence-electron chi connectivity index (χ0n) is 21.6. The molecule has 11 heteroatoms. The number of ketones is 1. The number of rotatable bonds is 8. The number of carbonyl (C=O) groups excluding carboxylic acids is 3. The van der Waals surface area contributed by atoms with E-state index in [9.17, 15) is 23.9 Å². The number of ether oxygens (including phenoxy) is 3. The highest BCUT2D eigenvalue weighted by Gasteiger charge is 2.48. The molecule has 1 unspecified atom stereocenters. The smallest absolute Gasteiger partial charge is 0.350 e. The summed E-state index contributed by atoms with van der Waals surface area (Å²) in [7, 11) is 2.89. The van der Waals surface area contributed by atoms with Gasteiger partial charge in [0, 0.05) is 5.56 Å². The van der Waals surface area contributed by atoms with Crippen molar-refractivity contribution in [2.24, 2.45) is 0 Å². The van der Waals surface area contributed by atoms with Crippen LogP contribution in [0.1, 0.15) is 38.1 Å². The van der Waals surface area contributed by atoms with Crippen LogP contribution in [0.25, 0.3) is 5.76 Å². The molecule has 1 saturated heterocycles. The van der Waals surface area contributed by atoms with E-state index >= 15 is 0 Å². The number of halogens is 1. The Labute approximate surface area is 227 Å². The summed E-state index contributed by atoms with van der Waals surface area (Å²) >= 11 is 0.864. The minimum absolute atomic E-state index is 0.0191. The first kappa shape index (κ1) is 27.5. The number of methoxy groups -OCH3 is 2. The molecule has 1 N–H and O–H groups in total. The normalized spacial score (nSPS) is 16.3. The number of aromatic nitrogens is 1. The molecule has 0 saturated carbocycles. The standard InChI is InChI=1S/C28H25FN2O7S/c1-6-11-38-27(35)25-15(3)30-28(39-25)31-22(16-9-10-19(36-4)20(13-16)37-5)21(24(33)26(31)34)23(32)17-8-7-14(2)18(29)12-17/h6-10,12-13,22,32H,1,11H2,2-5H3/b23-21-. The number of thiazole rings is 1. The number of nitrogens with zero attached hydrogens (tertiary/aromatic N) is 2. The second-order valence-corrected chi connectivity index (χ2v) is 9.52. The number of esters is 1. The highest BCUT2D eigenvalue weighted by molar-refractivity contribution is 7.17. The topological polar surface area (TPSA) is 115 Å². The lowest BCUT2D eigenvalue weighted by Crippen LogP contribution is -2.29. The van der Waals surface area contributed by atoms with Crippen LogP contribution in [0.4, 0.5) is 9.52 Å². The van der Waals surface area contributed by atoms with Crippen molar-refractivity contribution in [1.82, 2.24) is 4.98 Å². The summed E-state index contributed by atoms with van der Waals surface area (Å²) in [5.41, 5.74) is 0.754. The van der Waals surface area contributed by atoms with E-state index in [1.54, 1.807) is 32.0 Å². The Morgan fingerprint density at radius 3 is 2.51 bits per heavy atom. The lowest BCUT2D eigenvalue weighted by molar-refractivity contribution is -0.132. The monoisotopic (exact) mass is 552 g/mol. The number of hydrogen-bond acceptors (Lipinski definition) is 9. The number of aliphatic hydroxyl groups excluding tert-OH is 1. The number of benzene rings is 2. The molecular weight excluding hydrogens is 527 g/mol. The minimum Gasteiger partial charge on any atom is -0.507 e. The molecule has 1 amide bonds. The number of aliphatic hydroxyl groups is 1. The van der Waals surface area contributed by atoms with Crippen molar-refractivity contribution in [2.45, 2.75) is 19.9 Å². The summed E-state index contributed by atoms with van der Waals surface area (Å²) in [5.74, 6) is -3.09. The first-order valence-electron chi connectivity index (χ1n) is 11.7. The molecule has 202 valence electrons. The van der Waals surface area contributed by atoms with Gasteiger partial charge >= 0.3 is 11.9 Å². The van der Waals surface area contributed by atoms with Crippen LogP contribution in [0.3, 0.4) is 0 Å². The number of hydrogen-bond donors (Lipinski definition) is 1. The predicted octanol–water partition coefficient (Wildman–Crippen LogP) is 4.89. The molecule has 4 rings (SSSR count). The van der Waals surface area contributed by atoms with Crippen LogP contribution in [-0.2, 0) is 14.3 Å². The van der Waals surface area contributed by atoms with Gasteiger partial charge in [-0.1, -0.05) is 42.2 Å². The quantitative estimate of drug-likeness (QED) is 0.138. The Hall–Kier alpha value is -4.51. The van der Waals surface area contributed by atoms with E-state index in [4.69, 9.17) is 14.2 Å². The Balaban J connectivity index is 1.94. The van der Waals surface area contributed by atoms with Gasteiger partial charge in [0.05, 0.1) is 31.5 Å². The molecule has 2 heterocycles. The van der Waals surface area contributed by atoms with Crippen molar-refractivity contribution in [3.8, 4) is 11.5 Å². The van der Waals surface area contributed by atoms with E-state index in [0.717, 1.165) is 22.3 Å². The minimum atomic E-state index is -1.18. The third-order valence-electron chi connectivity index (χ3n) is 6.12. The summed E-state index contributed by atoms with van der Waals surface area (Å²) in [4.78, 5) is 45.0. The lowest BCUT2D eigenvalue weighted by Gasteiger charge is -2.23. The first-order valence-corrected chi connectivity index (χ1v) is 12.5. The lowest BCUT2D eigenvalue weighted by atomic mass is 9.94. The van der Waals surface area contributed by atoms with E-state index in [2.05, 4.69) is 11.6 Å². The second kappa shape index (κ2) is 11.1. The highest BCUT2D eigenvalue weighted by atomic mass is 32.1. The molecule has 1 aliphatic rings. The maximum Gasteiger partial charge on any atom is 0.350 e. The van der Waals surface area contributed by atoms with Gasteiger partial charge in [-0.3, -0.25) is 14.5 Å². The van der Waals surface area contributed by atoms with Crippen LogP contribution in [0.15, 0.2) is 54.6 Å². The predicted molar refractivity (Wildman–Crippen MR) is 143 cm³/mol. The van der Waals surface area contributed by atoms with Crippen molar-refractivity contribution >= 4 is 39.9 Å². The molecule has 3 aromatic rings. The number of amides is 1. The van der Waals surface area contributed by atoms with Gasteiger partial charge in [0.15, 0.2) is 16.6 Å². The van der Waals surface area contributed by atoms with Crippen LogP contribution >= 0.6 is 11.3 Å². The molecule has 1 atom stereocenters. The van der Waals surface area contributed by atoms with Crippen molar-refractivity contribution in [3.63, 3.8) is 0 Å². The number of Topliss-reactive ketones (excluding diaryl/α,β-unsaturated/α-hetero) is 1. The van der Waals surface area contributed by atoms with E-state index < -0.39 is 35.3 Å². The van der Waals surface area contributed by atoms with Crippen LogP contribution in [-0.4, -0.2) is 48.6 Å². The number of aryl methyl sites for hydroxylation is 2.